The van der Waals surface area contributed by atoms with E-state index >= 15 is 0 Å². The summed E-state index contributed by atoms with van der Waals surface area (Å²) >= 11 is 1.77. The van der Waals surface area contributed by atoms with Crippen LogP contribution in [0.5, 0.6) is 0 Å². The summed E-state index contributed by atoms with van der Waals surface area (Å²) in [6.07, 6.45) is -1.77. The zero-order valence-corrected chi connectivity index (χ0v) is 25.6. The molecule has 0 saturated carbocycles. The standard InChI is InChI=1S/C24H20NP2Se3.HI/c1-5-13-21(14-6-1)26(22-15-7-2-8-16-22)25-27(29-30-28-26,23-17-9-3-10-18-23)24-19-11-4-12-20-24;/h1-20H;1H/q+1;/p-1. The second kappa shape index (κ2) is 10.8. The zero-order valence-electron chi connectivity index (χ0n) is 16.5. The van der Waals surface area contributed by atoms with Gasteiger partial charge in [0.2, 0.25) is 0 Å². The van der Waals surface area contributed by atoms with Crippen molar-refractivity contribution in [2.45, 2.75) is 0 Å². The second-order valence-electron chi connectivity index (χ2n) is 6.80. The molecule has 0 amide bonds. The topological polar surface area (TPSA) is 12.4 Å². The van der Waals surface area contributed by atoms with Gasteiger partial charge in [0.15, 0.2) is 0 Å². The summed E-state index contributed by atoms with van der Waals surface area (Å²) in [5, 5.41) is 5.85. The number of hydrogen-bond donors (Lipinski definition) is 0. The predicted octanol–water partition coefficient (Wildman–Crippen LogP) is 1.21. The van der Waals surface area contributed by atoms with E-state index in [0.717, 1.165) is 0 Å². The molecule has 0 aromatic heterocycles. The molecule has 1 nitrogen and oxygen atoms in total. The Morgan fingerprint density at radius 1 is 0.548 bits per heavy atom. The molecule has 0 saturated heterocycles. The van der Waals surface area contributed by atoms with Gasteiger partial charge in [0, 0.05) is 0 Å². The van der Waals surface area contributed by atoms with Crippen molar-refractivity contribution in [1.82, 2.24) is 0 Å². The Labute approximate surface area is 217 Å². The zero-order chi connectivity index (χ0) is 20.3. The van der Waals surface area contributed by atoms with Crippen molar-refractivity contribution in [3.63, 3.8) is 0 Å². The Balaban J connectivity index is 0.00000231. The number of hydrogen-bond acceptors (Lipinski definition) is 1. The molecule has 0 bridgehead atoms. The molecule has 7 heteroatoms. The first-order chi connectivity index (χ1) is 14.8. The van der Waals surface area contributed by atoms with E-state index in [4.69, 9.17) is 4.52 Å². The van der Waals surface area contributed by atoms with Gasteiger partial charge in [-0.05, 0) is 0 Å². The number of benzene rings is 4. The molecule has 0 atom stereocenters. The van der Waals surface area contributed by atoms with E-state index < -0.39 is 11.8 Å². The predicted molar refractivity (Wildman–Crippen MR) is 138 cm³/mol. The van der Waals surface area contributed by atoms with Crippen LogP contribution in [0.2, 0.25) is 0 Å². The summed E-state index contributed by atoms with van der Waals surface area (Å²) in [6, 6.07) is 44.8. The van der Waals surface area contributed by atoms with E-state index in [0.29, 0.717) is 36.7 Å². The molecule has 156 valence electrons. The first kappa shape index (κ1) is 24.0. The monoisotopic (exact) mass is 751 g/mol. The quantitative estimate of drug-likeness (QED) is 0.169. The van der Waals surface area contributed by atoms with E-state index in [9.17, 15) is 0 Å². The van der Waals surface area contributed by atoms with Crippen molar-refractivity contribution in [1.29, 1.82) is 0 Å². The molecule has 1 aliphatic rings. The maximum atomic E-state index is 6.12. The van der Waals surface area contributed by atoms with Gasteiger partial charge in [0.1, 0.15) is 0 Å². The third-order valence-electron chi connectivity index (χ3n) is 4.95. The van der Waals surface area contributed by atoms with Crippen LogP contribution in [0.15, 0.2) is 126 Å². The third kappa shape index (κ3) is 4.74. The first-order valence-corrected chi connectivity index (χ1v) is 26.2. The minimum absolute atomic E-state index is 0. The van der Waals surface area contributed by atoms with Crippen molar-refractivity contribution >= 4 is 69.7 Å². The van der Waals surface area contributed by atoms with E-state index in [-0.39, 0.29) is 24.0 Å². The van der Waals surface area contributed by atoms with Crippen molar-refractivity contribution in [2.24, 2.45) is 4.52 Å². The van der Waals surface area contributed by atoms with E-state index in [1.54, 1.807) is 0 Å². The summed E-state index contributed by atoms with van der Waals surface area (Å²) in [5.74, 6) is -1.77. The SMILES string of the molecule is [I-].c1ccc(P2(c3ccccc3)=N[P+](c3ccccc3)(c3ccccc3)[Se][Se][Se]2)cc1. The molecule has 0 radical (unpaired) electrons. The summed E-state index contributed by atoms with van der Waals surface area (Å²) in [5.41, 5.74) is 0. The molecule has 1 aliphatic heterocycles. The fraction of sp³-hybridized carbons (Fsp3) is 0. The molecule has 1 heterocycles. The van der Waals surface area contributed by atoms with Crippen molar-refractivity contribution in [3.8, 4) is 0 Å². The van der Waals surface area contributed by atoms with Crippen molar-refractivity contribution in [3.05, 3.63) is 121 Å². The Bertz CT molecular complexity index is 1090. The summed E-state index contributed by atoms with van der Waals surface area (Å²) < 4.78 is 6.12. The number of halogens is 1. The molecule has 5 rings (SSSR count). The van der Waals surface area contributed by atoms with Gasteiger partial charge >= 0.3 is 196 Å². The normalized spacial score (nSPS) is 16.5. The van der Waals surface area contributed by atoms with Crippen LogP contribution in [0, 0.1) is 0 Å². The number of rotatable bonds is 4. The van der Waals surface area contributed by atoms with E-state index in [1.165, 1.54) is 21.2 Å². The van der Waals surface area contributed by atoms with Crippen LogP contribution >= 0.6 is 11.8 Å². The van der Waals surface area contributed by atoms with Gasteiger partial charge in [-0.1, -0.05) is 0 Å². The summed E-state index contributed by atoms with van der Waals surface area (Å²) in [4.78, 5) is 0. The number of nitrogens with zero attached hydrogens (tertiary/aromatic N) is 1. The average molecular weight is 748 g/mol. The van der Waals surface area contributed by atoms with Gasteiger partial charge in [-0.25, -0.2) is 0 Å². The Hall–Kier alpha value is -0.172. The maximum absolute atomic E-state index is 6.12. The summed E-state index contributed by atoms with van der Waals surface area (Å²) in [7, 11) is 0. The Morgan fingerprint density at radius 2 is 0.935 bits per heavy atom. The minimum atomic E-state index is -1.77. The molecule has 31 heavy (non-hydrogen) atoms. The molecule has 0 unspecified atom stereocenters. The van der Waals surface area contributed by atoms with Crippen LogP contribution in [0.1, 0.15) is 0 Å². The van der Waals surface area contributed by atoms with Crippen molar-refractivity contribution < 1.29 is 24.0 Å². The van der Waals surface area contributed by atoms with Crippen LogP contribution in [0.3, 0.4) is 0 Å². The van der Waals surface area contributed by atoms with Crippen LogP contribution in [0.4, 0.5) is 0 Å². The van der Waals surface area contributed by atoms with Crippen LogP contribution < -0.4 is 45.2 Å². The van der Waals surface area contributed by atoms with Gasteiger partial charge in [0.25, 0.3) is 0 Å². The van der Waals surface area contributed by atoms with Gasteiger partial charge in [0.05, 0.1) is 0 Å². The molecule has 0 fully saturated rings. The van der Waals surface area contributed by atoms with Gasteiger partial charge in [-0.2, -0.15) is 0 Å². The first-order valence-electron chi connectivity index (χ1n) is 9.64. The molecular weight excluding hydrogens is 728 g/mol. The Kier molecular flexibility index (Phi) is 8.38. The van der Waals surface area contributed by atoms with Crippen LogP contribution in [-0.4, -0.2) is 36.7 Å². The van der Waals surface area contributed by atoms with Gasteiger partial charge in [-0.15, -0.1) is 0 Å². The van der Waals surface area contributed by atoms with Gasteiger partial charge < -0.3 is 24.0 Å². The fourth-order valence-corrected chi connectivity index (χ4v) is 93.9. The fourth-order valence-electron chi connectivity index (χ4n) is 3.51. The molecule has 0 spiro atoms. The molecule has 4 aromatic carbocycles. The third-order valence-corrected chi connectivity index (χ3v) is 61.8. The Morgan fingerprint density at radius 3 is 1.35 bits per heavy atom. The summed E-state index contributed by atoms with van der Waals surface area (Å²) in [6.45, 7) is 0. The molecule has 0 N–H and O–H groups in total. The van der Waals surface area contributed by atoms with Crippen molar-refractivity contribution in [2.75, 3.05) is 0 Å². The van der Waals surface area contributed by atoms with Crippen LogP contribution in [-0.2, 0) is 0 Å². The van der Waals surface area contributed by atoms with E-state index in [2.05, 4.69) is 121 Å². The van der Waals surface area contributed by atoms with Crippen LogP contribution in [0.25, 0.3) is 0 Å². The average Bonchev–Trinajstić information content (AvgIpc) is 2.86. The molecule has 0 aliphatic carbocycles. The van der Waals surface area contributed by atoms with E-state index in [1.807, 2.05) is 0 Å². The molecular formula is C24H20INP2Se3. The molecule has 4 aromatic rings. The van der Waals surface area contributed by atoms with Gasteiger partial charge in [-0.3, -0.25) is 0 Å². The second-order valence-corrected chi connectivity index (χ2v) is 39.9.